The Bertz CT molecular complexity index is 1730. The summed E-state index contributed by atoms with van der Waals surface area (Å²) in [4.78, 5) is 51.0. The number of hydrogen-bond donors (Lipinski definition) is 3. The first-order valence-corrected chi connectivity index (χ1v) is 12.8. The van der Waals surface area contributed by atoms with Crippen molar-refractivity contribution in [2.24, 2.45) is 11.5 Å². The molecule has 210 valence electrons. The number of halogens is 3. The molecule has 0 spiro atoms. The Kier molecular flexibility index (Phi) is 7.41. The second-order valence-corrected chi connectivity index (χ2v) is 9.90. The van der Waals surface area contributed by atoms with E-state index in [9.17, 15) is 23.6 Å². The number of amides is 4. The molecule has 0 radical (unpaired) electrons. The number of nitrogens with zero attached hydrogens (tertiary/aromatic N) is 3. The van der Waals surface area contributed by atoms with Gasteiger partial charge in [0.1, 0.15) is 18.8 Å². The third-order valence-electron chi connectivity index (χ3n) is 6.85. The molecule has 2 heterocycles. The molecule has 0 saturated carbocycles. The third kappa shape index (κ3) is 5.33. The smallest absolute Gasteiger partial charge is 0.269 e. The molecule has 1 aromatic heterocycles. The molecule has 4 aromatic rings. The van der Waals surface area contributed by atoms with Crippen molar-refractivity contribution in [3.8, 4) is 11.1 Å². The van der Waals surface area contributed by atoms with Gasteiger partial charge in [-0.2, -0.15) is 5.10 Å². The summed E-state index contributed by atoms with van der Waals surface area (Å²) in [5.41, 5.74) is 11.2. The van der Waals surface area contributed by atoms with Gasteiger partial charge in [0.25, 0.3) is 5.91 Å². The highest BCUT2D eigenvalue weighted by Crippen LogP contribution is 2.34. The minimum Gasteiger partial charge on any atom is -0.366 e. The maximum atomic E-state index is 15.6. The average Bonchev–Trinajstić information content (AvgIpc) is 3.51. The van der Waals surface area contributed by atoms with Crippen LogP contribution < -0.4 is 16.8 Å². The summed E-state index contributed by atoms with van der Waals surface area (Å²) in [6, 6.07) is 13.7. The lowest BCUT2D eigenvalue weighted by molar-refractivity contribution is -0.137. The molecule has 0 bridgehead atoms. The fourth-order valence-corrected chi connectivity index (χ4v) is 5.11. The molecule has 41 heavy (non-hydrogen) atoms. The molecule has 1 saturated heterocycles. The number of likely N-dealkylation sites (tertiary alicyclic amines) is 1. The zero-order valence-electron chi connectivity index (χ0n) is 21.3. The van der Waals surface area contributed by atoms with Gasteiger partial charge < -0.3 is 21.7 Å². The van der Waals surface area contributed by atoms with Gasteiger partial charge >= 0.3 is 0 Å². The number of nitrogens with two attached hydrogens (primary N) is 2. The molecular formula is C28H23ClF2N6O4. The molecule has 13 heteroatoms. The van der Waals surface area contributed by atoms with Crippen LogP contribution in [0.15, 0.2) is 60.7 Å². The van der Waals surface area contributed by atoms with Crippen LogP contribution in [0.25, 0.3) is 22.0 Å². The predicted molar refractivity (Wildman–Crippen MR) is 147 cm³/mol. The second kappa shape index (κ2) is 11.0. The van der Waals surface area contributed by atoms with E-state index >= 15 is 4.39 Å². The Morgan fingerprint density at radius 3 is 2.49 bits per heavy atom. The first-order chi connectivity index (χ1) is 19.5. The largest absolute Gasteiger partial charge is 0.366 e. The maximum absolute atomic E-state index is 15.6. The number of hydrogen-bond acceptors (Lipinski definition) is 5. The van der Waals surface area contributed by atoms with Crippen LogP contribution in [0.5, 0.6) is 0 Å². The van der Waals surface area contributed by atoms with Crippen molar-refractivity contribution in [3.63, 3.8) is 0 Å². The Hall–Kier alpha value is -4.84. The highest BCUT2D eigenvalue weighted by molar-refractivity contribution is 6.33. The Labute approximate surface area is 236 Å². The van der Waals surface area contributed by atoms with Gasteiger partial charge in [-0.25, -0.2) is 8.78 Å². The fourth-order valence-electron chi connectivity index (χ4n) is 4.90. The number of benzene rings is 3. The van der Waals surface area contributed by atoms with Crippen molar-refractivity contribution in [1.82, 2.24) is 14.7 Å². The summed E-state index contributed by atoms with van der Waals surface area (Å²) >= 11 is 6.24. The molecule has 5 rings (SSSR count). The van der Waals surface area contributed by atoms with Crippen molar-refractivity contribution in [1.29, 1.82) is 0 Å². The molecule has 1 aliphatic heterocycles. The van der Waals surface area contributed by atoms with E-state index in [1.54, 1.807) is 24.3 Å². The number of anilines is 1. The summed E-state index contributed by atoms with van der Waals surface area (Å²) in [5, 5.41) is 7.18. The van der Waals surface area contributed by atoms with Gasteiger partial charge in [-0.15, -0.1) is 0 Å². The molecule has 3 aromatic carbocycles. The average molecular weight is 581 g/mol. The predicted octanol–water partition coefficient (Wildman–Crippen LogP) is 3.27. The second-order valence-electron chi connectivity index (χ2n) is 9.50. The number of nitrogens with one attached hydrogen (secondary N) is 1. The van der Waals surface area contributed by atoms with E-state index in [0.29, 0.717) is 10.9 Å². The van der Waals surface area contributed by atoms with Gasteiger partial charge in [-0.1, -0.05) is 41.9 Å². The zero-order chi connectivity index (χ0) is 29.4. The molecule has 5 N–H and O–H groups in total. The van der Waals surface area contributed by atoms with Crippen molar-refractivity contribution in [2.75, 3.05) is 11.9 Å². The minimum atomic E-state index is -1.49. The number of fused-ring (bicyclic) bond motifs is 1. The Morgan fingerprint density at radius 1 is 1.00 bits per heavy atom. The molecule has 0 aliphatic carbocycles. The topological polar surface area (TPSA) is 153 Å². The van der Waals surface area contributed by atoms with Crippen LogP contribution in [0, 0.1) is 5.82 Å². The summed E-state index contributed by atoms with van der Waals surface area (Å²) in [7, 11) is 0. The standard InChI is InChI=1S/C28H23ClF2N6O4/c29-19-9-8-14(26(32)39)10-18(19)16-5-3-6-20(24(16)31)34-28(41)22-11-15(30)12-36(22)23(38)13-37-21-7-2-1-4-17(21)25(35-37)27(33)40/h1-10,15,22H,11-13H2,(H2,32,39)(H2,33,40)(H,34,41)/t15-,22+/m1/s1. The highest BCUT2D eigenvalue weighted by atomic mass is 35.5. The summed E-state index contributed by atoms with van der Waals surface area (Å²) in [6.07, 6.45) is -1.78. The number of carbonyl (C=O) groups excluding carboxylic acids is 4. The number of carbonyl (C=O) groups is 4. The van der Waals surface area contributed by atoms with Crippen LogP contribution in [-0.4, -0.2) is 57.1 Å². The van der Waals surface area contributed by atoms with Crippen molar-refractivity contribution in [3.05, 3.63) is 82.8 Å². The third-order valence-corrected chi connectivity index (χ3v) is 7.18. The lowest BCUT2D eigenvalue weighted by Crippen LogP contribution is -2.44. The van der Waals surface area contributed by atoms with E-state index in [1.165, 1.54) is 41.1 Å². The van der Waals surface area contributed by atoms with Gasteiger partial charge in [0.2, 0.25) is 17.7 Å². The lowest BCUT2D eigenvalue weighted by Gasteiger charge is -2.24. The first kappa shape index (κ1) is 27.7. The maximum Gasteiger partial charge on any atom is 0.269 e. The molecule has 1 fully saturated rings. The summed E-state index contributed by atoms with van der Waals surface area (Å²) in [6.45, 7) is -0.736. The van der Waals surface area contributed by atoms with E-state index in [1.807, 2.05) is 0 Å². The Balaban J connectivity index is 1.39. The monoisotopic (exact) mass is 580 g/mol. The van der Waals surface area contributed by atoms with E-state index in [4.69, 9.17) is 23.1 Å². The molecular weight excluding hydrogens is 558 g/mol. The van der Waals surface area contributed by atoms with Crippen LogP contribution in [0.3, 0.4) is 0 Å². The van der Waals surface area contributed by atoms with E-state index < -0.39 is 41.7 Å². The van der Waals surface area contributed by atoms with Crippen LogP contribution in [0.2, 0.25) is 5.02 Å². The lowest BCUT2D eigenvalue weighted by atomic mass is 10.0. The highest BCUT2D eigenvalue weighted by Gasteiger charge is 2.40. The van der Waals surface area contributed by atoms with Gasteiger partial charge in [-0.05, 0) is 30.3 Å². The van der Waals surface area contributed by atoms with E-state index in [-0.39, 0.29) is 52.6 Å². The van der Waals surface area contributed by atoms with E-state index in [0.717, 1.165) is 4.90 Å². The van der Waals surface area contributed by atoms with Crippen LogP contribution in [-0.2, 0) is 16.1 Å². The molecule has 0 unspecified atom stereocenters. The molecule has 4 amide bonds. The van der Waals surface area contributed by atoms with Gasteiger partial charge in [0, 0.05) is 33.5 Å². The number of primary amides is 2. The molecule has 2 atom stereocenters. The molecule has 1 aliphatic rings. The Morgan fingerprint density at radius 2 is 1.76 bits per heavy atom. The minimum absolute atomic E-state index is 0.00515. The van der Waals surface area contributed by atoms with Gasteiger partial charge in [-0.3, -0.25) is 23.9 Å². The first-order valence-electron chi connectivity index (χ1n) is 12.4. The zero-order valence-corrected chi connectivity index (χ0v) is 22.1. The van der Waals surface area contributed by atoms with Crippen LogP contribution in [0.4, 0.5) is 14.5 Å². The number of para-hydroxylation sites is 1. The normalized spacial score (nSPS) is 16.6. The van der Waals surface area contributed by atoms with E-state index in [2.05, 4.69) is 10.4 Å². The number of aromatic nitrogens is 2. The van der Waals surface area contributed by atoms with Gasteiger partial charge in [0.15, 0.2) is 11.5 Å². The number of alkyl halides is 1. The van der Waals surface area contributed by atoms with Crippen LogP contribution >= 0.6 is 11.6 Å². The van der Waals surface area contributed by atoms with Crippen LogP contribution in [0.1, 0.15) is 27.3 Å². The van der Waals surface area contributed by atoms with Crippen molar-refractivity contribution < 1.29 is 28.0 Å². The quantitative estimate of drug-likeness (QED) is 0.306. The summed E-state index contributed by atoms with van der Waals surface area (Å²) in [5.74, 6) is -3.78. The van der Waals surface area contributed by atoms with Gasteiger partial charge in [0.05, 0.1) is 17.7 Å². The fraction of sp³-hybridized carbons (Fsp3) is 0.179. The SMILES string of the molecule is NC(=O)c1ccc(Cl)c(-c2cccc(NC(=O)[C@@H]3C[C@@H](F)CN3C(=O)Cn3nc(C(N)=O)c4ccccc43)c2F)c1. The molecule has 10 nitrogen and oxygen atoms in total. The van der Waals surface area contributed by atoms with Crippen molar-refractivity contribution >= 4 is 51.8 Å². The van der Waals surface area contributed by atoms with Crippen molar-refractivity contribution in [2.45, 2.75) is 25.2 Å². The number of rotatable bonds is 7. The summed E-state index contributed by atoms with van der Waals surface area (Å²) < 4.78 is 31.3.